The number of nitrogens with zero attached hydrogens (tertiary/aromatic N) is 1. The van der Waals surface area contributed by atoms with Crippen molar-refractivity contribution in [3.05, 3.63) is 101 Å². The molecule has 2 heterocycles. The summed E-state index contributed by atoms with van der Waals surface area (Å²) in [6, 6.07) is 15.2. The van der Waals surface area contributed by atoms with Crippen molar-refractivity contribution in [3.63, 3.8) is 0 Å². The molecular formula is C25H17F2NO4. The maximum atomic E-state index is 14.7. The number of anilines is 1. The molecule has 1 unspecified atom stereocenters. The molecule has 0 aliphatic carbocycles. The van der Waals surface area contributed by atoms with Gasteiger partial charge >= 0.3 is 0 Å². The van der Waals surface area contributed by atoms with Crippen LogP contribution in [-0.4, -0.2) is 23.4 Å². The number of halogens is 2. The van der Waals surface area contributed by atoms with E-state index < -0.39 is 29.4 Å². The van der Waals surface area contributed by atoms with Gasteiger partial charge in [-0.2, -0.15) is 0 Å². The maximum Gasteiger partial charge on any atom is 0.300 e. The van der Waals surface area contributed by atoms with E-state index in [1.807, 2.05) is 0 Å². The highest BCUT2D eigenvalue weighted by atomic mass is 19.1. The fraction of sp³-hybridized carbons (Fsp3) is 0.120. The minimum absolute atomic E-state index is 0.163. The van der Waals surface area contributed by atoms with E-state index in [1.54, 1.807) is 48.5 Å². The molecule has 7 heteroatoms. The van der Waals surface area contributed by atoms with Gasteiger partial charge < -0.3 is 9.84 Å². The monoisotopic (exact) mass is 433 g/mol. The fourth-order valence-electron chi connectivity index (χ4n) is 4.20. The fourth-order valence-corrected chi connectivity index (χ4v) is 4.20. The van der Waals surface area contributed by atoms with Crippen LogP contribution in [0.2, 0.25) is 0 Å². The number of aliphatic hydroxyl groups excluding tert-OH is 1. The lowest BCUT2D eigenvalue weighted by Crippen LogP contribution is -2.30. The normalized spacial score (nSPS) is 19.2. The maximum absolute atomic E-state index is 14.7. The standard InChI is InChI=1S/C25H17F2NO4/c26-17-7-8-19(18(27)13-17)28-22(14-4-2-1-3-5-14)21(24(30)25(28)31)23(29)16-6-9-20-15(12-16)10-11-32-20/h1-9,12-13,22,29H,10-11H2/b23-21-. The highest BCUT2D eigenvalue weighted by Crippen LogP contribution is 2.43. The number of carbonyl (C=O) groups excluding carboxylic acids is 2. The number of fused-ring (bicyclic) bond motifs is 1. The average Bonchev–Trinajstić information content (AvgIpc) is 3.36. The number of amides is 1. The number of aliphatic hydroxyl groups is 1. The van der Waals surface area contributed by atoms with E-state index in [0.717, 1.165) is 22.6 Å². The Morgan fingerprint density at radius 3 is 2.53 bits per heavy atom. The van der Waals surface area contributed by atoms with E-state index in [4.69, 9.17) is 4.74 Å². The number of ketones is 1. The van der Waals surface area contributed by atoms with E-state index >= 15 is 0 Å². The minimum atomic E-state index is -1.08. The Morgan fingerprint density at radius 1 is 1.00 bits per heavy atom. The summed E-state index contributed by atoms with van der Waals surface area (Å²) < 4.78 is 33.6. The zero-order valence-corrected chi connectivity index (χ0v) is 16.7. The summed E-state index contributed by atoms with van der Waals surface area (Å²) in [5, 5.41) is 11.1. The van der Waals surface area contributed by atoms with Gasteiger partial charge in [0.05, 0.1) is 23.9 Å². The topological polar surface area (TPSA) is 66.8 Å². The number of benzene rings is 3. The lowest BCUT2D eigenvalue weighted by atomic mass is 9.94. The molecule has 3 aromatic rings. The molecule has 0 radical (unpaired) electrons. The lowest BCUT2D eigenvalue weighted by molar-refractivity contribution is -0.132. The summed E-state index contributed by atoms with van der Waals surface area (Å²) in [5.74, 6) is -3.40. The largest absolute Gasteiger partial charge is 0.507 e. The molecule has 3 aromatic carbocycles. The van der Waals surface area contributed by atoms with Crippen molar-refractivity contribution in [1.82, 2.24) is 0 Å². The van der Waals surface area contributed by atoms with Gasteiger partial charge in [0.2, 0.25) is 0 Å². The molecule has 1 N–H and O–H groups in total. The third kappa shape index (κ3) is 3.13. The molecule has 5 nitrogen and oxygen atoms in total. The Labute approximate surface area is 182 Å². The van der Waals surface area contributed by atoms with Crippen LogP contribution in [0.3, 0.4) is 0 Å². The molecule has 0 bridgehead atoms. The Kier molecular flexibility index (Phi) is 4.74. The number of ether oxygens (including phenoxy) is 1. The molecular weight excluding hydrogens is 416 g/mol. The smallest absolute Gasteiger partial charge is 0.300 e. The SMILES string of the molecule is O=C1C(=O)N(c2ccc(F)cc2F)C(c2ccccc2)/C1=C(/O)c1ccc2c(c1)CCO2. The molecule has 1 saturated heterocycles. The van der Waals surface area contributed by atoms with Gasteiger partial charge in [0.1, 0.15) is 23.1 Å². The molecule has 5 rings (SSSR count). The number of hydrogen-bond acceptors (Lipinski definition) is 4. The number of hydrogen-bond donors (Lipinski definition) is 1. The van der Waals surface area contributed by atoms with Crippen LogP contribution in [0.25, 0.3) is 5.76 Å². The number of rotatable bonds is 3. The predicted octanol–water partition coefficient (Wildman–Crippen LogP) is 4.53. The molecule has 160 valence electrons. The van der Waals surface area contributed by atoms with Crippen molar-refractivity contribution < 1.29 is 28.2 Å². The van der Waals surface area contributed by atoms with Crippen LogP contribution < -0.4 is 9.64 Å². The minimum Gasteiger partial charge on any atom is -0.507 e. The van der Waals surface area contributed by atoms with E-state index in [9.17, 15) is 23.5 Å². The van der Waals surface area contributed by atoms with Crippen LogP contribution in [0, 0.1) is 11.6 Å². The summed E-state index contributed by atoms with van der Waals surface area (Å²) in [6.07, 6.45) is 0.660. The van der Waals surface area contributed by atoms with Gasteiger partial charge in [-0.3, -0.25) is 14.5 Å². The Bertz CT molecular complexity index is 1290. The summed E-state index contributed by atoms with van der Waals surface area (Å²) in [5.41, 5.74) is 1.32. The van der Waals surface area contributed by atoms with Crippen molar-refractivity contribution in [2.75, 3.05) is 11.5 Å². The molecule has 1 amide bonds. The Morgan fingerprint density at radius 2 is 1.78 bits per heavy atom. The van der Waals surface area contributed by atoms with E-state index in [1.165, 1.54) is 0 Å². The van der Waals surface area contributed by atoms with Gasteiger partial charge in [-0.15, -0.1) is 0 Å². The van der Waals surface area contributed by atoms with Crippen molar-refractivity contribution in [2.45, 2.75) is 12.5 Å². The Hall–Kier alpha value is -4.00. The van der Waals surface area contributed by atoms with Crippen LogP contribution in [-0.2, 0) is 16.0 Å². The van der Waals surface area contributed by atoms with Crippen molar-refractivity contribution in [2.24, 2.45) is 0 Å². The number of Topliss-reactive ketones (excluding diaryl/α,β-unsaturated/α-hetero) is 1. The third-order valence-corrected chi connectivity index (χ3v) is 5.69. The highest BCUT2D eigenvalue weighted by molar-refractivity contribution is 6.51. The third-order valence-electron chi connectivity index (χ3n) is 5.69. The summed E-state index contributed by atoms with van der Waals surface area (Å²) in [6.45, 7) is 0.526. The molecule has 2 aliphatic heterocycles. The van der Waals surface area contributed by atoms with Gasteiger partial charge in [-0.1, -0.05) is 30.3 Å². The first-order chi connectivity index (χ1) is 15.5. The summed E-state index contributed by atoms with van der Waals surface area (Å²) >= 11 is 0. The number of carbonyl (C=O) groups is 2. The summed E-state index contributed by atoms with van der Waals surface area (Å²) in [7, 11) is 0. The van der Waals surface area contributed by atoms with Gasteiger partial charge in [0.25, 0.3) is 11.7 Å². The molecule has 1 fully saturated rings. The molecule has 32 heavy (non-hydrogen) atoms. The van der Waals surface area contributed by atoms with Crippen molar-refractivity contribution >= 4 is 23.1 Å². The van der Waals surface area contributed by atoms with E-state index in [0.29, 0.717) is 36.0 Å². The second-order valence-corrected chi connectivity index (χ2v) is 7.60. The molecule has 2 aliphatic rings. The van der Waals surface area contributed by atoms with Crippen LogP contribution >= 0.6 is 0 Å². The van der Waals surface area contributed by atoms with Crippen molar-refractivity contribution in [3.8, 4) is 5.75 Å². The van der Waals surface area contributed by atoms with Crippen LogP contribution in [0.15, 0.2) is 72.3 Å². The highest BCUT2D eigenvalue weighted by Gasteiger charge is 2.47. The first kappa shape index (κ1) is 19.9. The van der Waals surface area contributed by atoms with Crippen LogP contribution in [0.4, 0.5) is 14.5 Å². The molecule has 0 spiro atoms. The Balaban J connectivity index is 1.71. The first-order valence-corrected chi connectivity index (χ1v) is 10.0. The zero-order chi connectivity index (χ0) is 22.4. The molecule has 1 atom stereocenters. The average molecular weight is 433 g/mol. The summed E-state index contributed by atoms with van der Waals surface area (Å²) in [4.78, 5) is 27.0. The van der Waals surface area contributed by atoms with Crippen molar-refractivity contribution in [1.29, 1.82) is 0 Å². The first-order valence-electron chi connectivity index (χ1n) is 10.0. The molecule has 0 aromatic heterocycles. The van der Waals surface area contributed by atoms with E-state index in [2.05, 4.69) is 0 Å². The quantitative estimate of drug-likeness (QED) is 0.375. The molecule has 0 saturated carbocycles. The van der Waals surface area contributed by atoms with Crippen LogP contribution in [0.1, 0.15) is 22.7 Å². The van der Waals surface area contributed by atoms with Gasteiger partial charge in [-0.25, -0.2) is 8.78 Å². The zero-order valence-electron chi connectivity index (χ0n) is 16.7. The van der Waals surface area contributed by atoms with Gasteiger partial charge in [0, 0.05) is 18.1 Å². The van der Waals surface area contributed by atoms with Gasteiger partial charge in [-0.05, 0) is 41.5 Å². The lowest BCUT2D eigenvalue weighted by Gasteiger charge is -2.25. The second-order valence-electron chi connectivity index (χ2n) is 7.60. The van der Waals surface area contributed by atoms with Gasteiger partial charge in [0.15, 0.2) is 0 Å². The second kappa shape index (κ2) is 7.60. The van der Waals surface area contributed by atoms with E-state index in [-0.39, 0.29) is 17.0 Å². The predicted molar refractivity (Wildman–Crippen MR) is 113 cm³/mol. The van der Waals surface area contributed by atoms with Crippen LogP contribution in [0.5, 0.6) is 5.75 Å².